The first-order chi connectivity index (χ1) is 31.2. The number of hydrogen-bond acceptors (Lipinski definition) is 2. The van der Waals surface area contributed by atoms with Gasteiger partial charge in [-0.1, -0.05) is 166 Å². The quantitative estimate of drug-likeness (QED) is 0.0872. The Morgan fingerprint density at radius 2 is 1.38 bits per heavy atom. The number of fused-ring (bicyclic) bond motifs is 4. The molecule has 60 heavy (non-hydrogen) atoms. The van der Waals surface area contributed by atoms with E-state index >= 15 is 0 Å². The van der Waals surface area contributed by atoms with Gasteiger partial charge in [0.1, 0.15) is 25.4 Å². The van der Waals surface area contributed by atoms with E-state index in [4.69, 9.17) is 16.6 Å². The zero-order valence-electron chi connectivity index (χ0n) is 39.2. The highest BCUT2D eigenvalue weighted by molar-refractivity contribution is 7.01. The Balaban J connectivity index is 1.12. The van der Waals surface area contributed by atoms with E-state index in [0.717, 1.165) is 55.2 Å². The third-order valence-electron chi connectivity index (χ3n) is 11.6. The zero-order chi connectivity index (χ0) is 45.4. The maximum absolute atomic E-state index is 9.10. The van der Waals surface area contributed by atoms with E-state index in [9.17, 15) is 0 Å². The van der Waals surface area contributed by atoms with Crippen LogP contribution in [0.25, 0.3) is 61.2 Å². The molecule has 292 valence electrons. The number of aromatic nitrogens is 4. The first-order valence-electron chi connectivity index (χ1n) is 22.7. The van der Waals surface area contributed by atoms with E-state index < -0.39 is 14.1 Å². The van der Waals surface area contributed by atoms with Crippen LogP contribution in [0.15, 0.2) is 188 Å². The van der Waals surface area contributed by atoms with Gasteiger partial charge in [-0.3, -0.25) is 13.7 Å². The topological polar surface area (TPSA) is 35.9 Å². The Morgan fingerprint density at radius 1 is 0.667 bits per heavy atom. The number of benzene rings is 7. The summed E-state index contributed by atoms with van der Waals surface area (Å²) in [7, 11) is -2.53. The molecular weight excluding hydrogens is 749 g/mol. The summed E-state index contributed by atoms with van der Waals surface area (Å²) in [5.74, 6) is 2.15. The third kappa shape index (κ3) is 6.50. The van der Waals surface area contributed by atoms with E-state index in [1.807, 2.05) is 100 Å². The molecule has 10 rings (SSSR count). The van der Waals surface area contributed by atoms with Crippen LogP contribution in [0.4, 0.5) is 0 Å². The van der Waals surface area contributed by atoms with Gasteiger partial charge in [-0.2, -0.15) is 0 Å². The lowest BCUT2D eigenvalue weighted by atomic mass is 9.88. The van der Waals surface area contributed by atoms with Crippen molar-refractivity contribution in [2.75, 3.05) is 0 Å². The third-order valence-corrected chi connectivity index (χ3v) is 15.1. The fourth-order valence-electron chi connectivity index (χ4n) is 8.39. The average molecular weight is 800 g/mol. The predicted octanol–water partition coefficient (Wildman–Crippen LogP) is 11.8. The summed E-state index contributed by atoms with van der Waals surface area (Å²) in [5, 5.41) is 4.46. The normalized spacial score (nSPS) is 13.2. The standard InChI is InChI=1S/C54H46N4OSi/c1-54(2,3)39-32-33-55-52(34-39)58-47-26-13-12-24-45(47)46-31-30-42(36-50(46)58)59-41-21-16-20-40(35-41)56-37-57(49-28-15-14-27-48(49)56)53-44(38-18-8-6-9-19-38)25-17-29-51(53)60(4,5)43-22-10-7-11-23-43/h6-36H,1-5H3/i6D,8D,9D,18D,19D. The number of pyridine rings is 1. The van der Waals surface area contributed by atoms with Gasteiger partial charge >= 0.3 is 0 Å². The Kier molecular flexibility index (Phi) is 7.80. The summed E-state index contributed by atoms with van der Waals surface area (Å²) in [6.45, 7) is 11.2. The number of ether oxygens (including phenoxy) is 1. The second-order valence-corrected chi connectivity index (χ2v) is 21.1. The number of hydrogen-bond donors (Lipinski definition) is 0. The minimum absolute atomic E-state index is 0.0476. The van der Waals surface area contributed by atoms with Crippen LogP contribution in [-0.2, 0) is 5.41 Å². The molecule has 7 aromatic carbocycles. The van der Waals surface area contributed by atoms with Gasteiger partial charge < -0.3 is 4.74 Å². The van der Waals surface area contributed by atoms with Gasteiger partial charge in [0.25, 0.3) is 6.33 Å². The lowest BCUT2D eigenvalue weighted by Crippen LogP contribution is -2.57. The molecule has 6 heteroatoms. The first kappa shape index (κ1) is 31.9. The van der Waals surface area contributed by atoms with Crippen LogP contribution >= 0.6 is 0 Å². The maximum atomic E-state index is 9.10. The molecule has 5 nitrogen and oxygen atoms in total. The Hall–Kier alpha value is -7.02. The second-order valence-electron chi connectivity index (χ2n) is 16.7. The molecule has 0 radical (unpaired) electrons. The van der Waals surface area contributed by atoms with Gasteiger partial charge in [0.2, 0.25) is 0 Å². The van der Waals surface area contributed by atoms with Crippen LogP contribution in [0.5, 0.6) is 11.5 Å². The highest BCUT2D eigenvalue weighted by atomic mass is 28.3. The van der Waals surface area contributed by atoms with Crippen LogP contribution in [0.2, 0.25) is 13.1 Å². The van der Waals surface area contributed by atoms with E-state index in [1.165, 1.54) is 10.8 Å². The molecule has 0 atom stereocenters. The van der Waals surface area contributed by atoms with Crippen LogP contribution in [0.3, 0.4) is 0 Å². The fraction of sp³-hybridized carbons (Fsp3) is 0.111. The van der Waals surface area contributed by atoms with Crippen molar-refractivity contribution in [3.8, 4) is 39.8 Å². The van der Waals surface area contributed by atoms with E-state index in [2.05, 4.69) is 111 Å². The molecule has 0 aliphatic heterocycles. The molecule has 0 aliphatic carbocycles. The number of para-hydroxylation sites is 4. The van der Waals surface area contributed by atoms with Crippen LogP contribution in [0, 0.1) is 6.33 Å². The molecule has 0 saturated carbocycles. The monoisotopic (exact) mass is 799 g/mol. The molecule has 3 aromatic heterocycles. The van der Waals surface area contributed by atoms with E-state index in [-0.39, 0.29) is 35.1 Å². The minimum atomic E-state index is -2.53. The summed E-state index contributed by atoms with van der Waals surface area (Å²) in [5.41, 5.74) is 7.10. The number of imidazole rings is 1. The Morgan fingerprint density at radius 3 is 2.20 bits per heavy atom. The molecular formula is C54H46N4OSi. The van der Waals surface area contributed by atoms with Crippen LogP contribution in [0.1, 0.15) is 33.2 Å². The van der Waals surface area contributed by atoms with Gasteiger partial charge in [-0.05, 0) is 75.8 Å². The summed E-state index contributed by atoms with van der Waals surface area (Å²) >= 11 is 0. The van der Waals surface area contributed by atoms with Crippen molar-refractivity contribution in [2.24, 2.45) is 0 Å². The van der Waals surface area contributed by atoms with Gasteiger partial charge in [0.05, 0.1) is 40.3 Å². The lowest BCUT2D eigenvalue weighted by Gasteiger charge is -2.28. The first-order valence-corrected chi connectivity index (χ1v) is 23.2. The molecule has 10 aromatic rings. The van der Waals surface area contributed by atoms with Crippen molar-refractivity contribution in [1.82, 2.24) is 14.1 Å². The zero-order valence-corrected chi connectivity index (χ0v) is 35.2. The molecule has 3 heterocycles. The summed E-state index contributed by atoms with van der Waals surface area (Å²) in [6, 6.07) is 49.4. The maximum Gasteiger partial charge on any atom is 0.269 e. The van der Waals surface area contributed by atoms with Gasteiger partial charge in [-0.25, -0.2) is 4.98 Å². The molecule has 0 amide bonds. The molecule has 0 fully saturated rings. The average Bonchev–Trinajstić information content (AvgIpc) is 3.86. The van der Waals surface area contributed by atoms with Crippen molar-refractivity contribution >= 4 is 51.3 Å². The summed E-state index contributed by atoms with van der Waals surface area (Å²) in [4.78, 5) is 4.85. The molecule has 0 unspecified atom stereocenters. The summed E-state index contributed by atoms with van der Waals surface area (Å²) < 4.78 is 56.7. The Labute approximate surface area is 359 Å². The van der Waals surface area contributed by atoms with E-state index in [1.54, 1.807) is 0 Å². The molecule has 0 bridgehead atoms. The Bertz CT molecular complexity index is 3470. The van der Waals surface area contributed by atoms with Gasteiger partial charge in [0.15, 0.2) is 0 Å². The minimum Gasteiger partial charge on any atom is -0.458 e. The van der Waals surface area contributed by atoms with Crippen molar-refractivity contribution < 1.29 is 16.2 Å². The van der Waals surface area contributed by atoms with Crippen molar-refractivity contribution in [2.45, 2.75) is 39.3 Å². The smallest absolute Gasteiger partial charge is 0.269 e. The SMILES string of the molecule is [2H]c1c([2H])c([2H])c(-c2cccc([Si](C)(C)c3ccccc3)c2-[n+]2[c-]n(-c3cccc(Oc4ccc5c6ccccc6n(-c6cc(C(C)(C)C)ccn6)c5c4)c3)c3ccccc32)c([2H])c1[2H]. The molecule has 0 spiro atoms. The second kappa shape index (κ2) is 14.7. The summed E-state index contributed by atoms with van der Waals surface area (Å²) in [6.07, 6.45) is 5.57. The van der Waals surface area contributed by atoms with Crippen LogP contribution in [-0.4, -0.2) is 22.2 Å². The molecule has 0 N–H and O–H groups in total. The van der Waals surface area contributed by atoms with Crippen molar-refractivity contribution in [3.63, 3.8) is 0 Å². The fourth-order valence-corrected chi connectivity index (χ4v) is 11.1. The van der Waals surface area contributed by atoms with Gasteiger partial charge in [-0.15, -0.1) is 0 Å². The highest BCUT2D eigenvalue weighted by Gasteiger charge is 2.31. The molecule has 0 aliphatic rings. The van der Waals surface area contributed by atoms with Crippen molar-refractivity contribution in [3.05, 3.63) is 200 Å². The molecule has 0 saturated heterocycles. The van der Waals surface area contributed by atoms with Crippen molar-refractivity contribution in [1.29, 1.82) is 0 Å². The largest absolute Gasteiger partial charge is 0.458 e. The highest BCUT2D eigenvalue weighted by Crippen LogP contribution is 2.36. The van der Waals surface area contributed by atoms with Crippen LogP contribution < -0.4 is 19.7 Å². The van der Waals surface area contributed by atoms with Gasteiger partial charge in [0, 0.05) is 23.0 Å². The van der Waals surface area contributed by atoms with E-state index in [0.29, 0.717) is 17.1 Å². The predicted molar refractivity (Wildman–Crippen MR) is 250 cm³/mol. The number of nitrogens with zero attached hydrogens (tertiary/aromatic N) is 4. The number of rotatable bonds is 8. The lowest BCUT2D eigenvalue weighted by molar-refractivity contribution is -0.570.